The standard InChI is InChI=1S/C23H18N2/c1-2-25-22-11-7-6-10-20(22)21-15-17(12-13-23(21)25)14-19(16-24)18-8-4-3-5-9-18/h3-15H,2H2,1H3/b19-14-. The number of hydrogen-bond acceptors (Lipinski definition) is 1. The molecular formula is C23H18N2. The van der Waals surface area contributed by atoms with E-state index < -0.39 is 0 Å². The van der Waals surface area contributed by atoms with Gasteiger partial charge in [0.05, 0.1) is 11.6 Å². The Bertz CT molecular complexity index is 1130. The number of allylic oxidation sites excluding steroid dienone is 1. The zero-order valence-electron chi connectivity index (χ0n) is 14.1. The third kappa shape index (κ3) is 2.60. The second-order valence-corrected chi connectivity index (χ2v) is 6.07. The number of nitrogens with zero attached hydrogens (tertiary/aromatic N) is 2. The highest BCUT2D eigenvalue weighted by Crippen LogP contribution is 2.30. The van der Waals surface area contributed by atoms with E-state index in [-0.39, 0.29) is 0 Å². The Morgan fingerprint density at radius 2 is 1.64 bits per heavy atom. The lowest BCUT2D eigenvalue weighted by atomic mass is 10.0. The molecular weight excluding hydrogens is 304 g/mol. The van der Waals surface area contributed by atoms with Crippen molar-refractivity contribution in [3.8, 4) is 6.07 Å². The molecule has 25 heavy (non-hydrogen) atoms. The molecule has 0 unspecified atom stereocenters. The summed E-state index contributed by atoms with van der Waals surface area (Å²) in [5.41, 5.74) is 5.16. The van der Waals surface area contributed by atoms with E-state index in [1.165, 1.54) is 21.8 Å². The Morgan fingerprint density at radius 1 is 0.920 bits per heavy atom. The molecule has 0 saturated carbocycles. The van der Waals surface area contributed by atoms with Crippen LogP contribution < -0.4 is 0 Å². The minimum atomic E-state index is 0.680. The summed E-state index contributed by atoms with van der Waals surface area (Å²) in [5.74, 6) is 0. The van der Waals surface area contributed by atoms with Crippen LogP contribution in [0, 0.1) is 11.3 Å². The monoisotopic (exact) mass is 322 g/mol. The van der Waals surface area contributed by atoms with E-state index in [9.17, 15) is 5.26 Å². The lowest BCUT2D eigenvalue weighted by molar-refractivity contribution is 0.827. The molecule has 0 N–H and O–H groups in total. The minimum Gasteiger partial charge on any atom is -0.341 e. The lowest BCUT2D eigenvalue weighted by Gasteiger charge is -2.03. The highest BCUT2D eigenvalue weighted by molar-refractivity contribution is 6.09. The van der Waals surface area contributed by atoms with Crippen LogP contribution in [0.15, 0.2) is 72.8 Å². The highest BCUT2D eigenvalue weighted by atomic mass is 15.0. The molecule has 0 aliphatic rings. The van der Waals surface area contributed by atoms with Crippen molar-refractivity contribution >= 4 is 33.5 Å². The Hall–Kier alpha value is -3.31. The van der Waals surface area contributed by atoms with Gasteiger partial charge in [-0.15, -0.1) is 0 Å². The Kier molecular flexibility index (Phi) is 3.84. The largest absolute Gasteiger partial charge is 0.341 e. The van der Waals surface area contributed by atoms with E-state index >= 15 is 0 Å². The second kappa shape index (κ2) is 6.30. The first-order chi connectivity index (χ1) is 12.3. The molecule has 0 radical (unpaired) electrons. The summed E-state index contributed by atoms with van der Waals surface area (Å²) in [6, 6.07) is 27.1. The van der Waals surface area contributed by atoms with Gasteiger partial charge in [-0.25, -0.2) is 0 Å². The van der Waals surface area contributed by atoms with E-state index in [1.54, 1.807) is 0 Å². The van der Waals surface area contributed by atoms with Gasteiger partial charge >= 0.3 is 0 Å². The van der Waals surface area contributed by atoms with Crippen LogP contribution in [0.3, 0.4) is 0 Å². The summed E-state index contributed by atoms with van der Waals surface area (Å²) < 4.78 is 2.33. The molecule has 2 nitrogen and oxygen atoms in total. The van der Waals surface area contributed by atoms with Crippen molar-refractivity contribution in [1.29, 1.82) is 5.26 Å². The van der Waals surface area contributed by atoms with Crippen LogP contribution in [0.5, 0.6) is 0 Å². The van der Waals surface area contributed by atoms with E-state index in [0.29, 0.717) is 5.57 Å². The maximum absolute atomic E-state index is 9.55. The van der Waals surface area contributed by atoms with Crippen LogP contribution in [-0.4, -0.2) is 4.57 Å². The topological polar surface area (TPSA) is 28.7 Å². The summed E-state index contributed by atoms with van der Waals surface area (Å²) in [5, 5.41) is 12.0. The first-order valence-corrected chi connectivity index (χ1v) is 8.50. The number of rotatable bonds is 3. The molecule has 2 heteroatoms. The lowest BCUT2D eigenvalue weighted by Crippen LogP contribution is -1.92. The highest BCUT2D eigenvalue weighted by Gasteiger charge is 2.09. The molecule has 0 amide bonds. The summed E-state index contributed by atoms with van der Waals surface area (Å²) in [6.07, 6.45) is 1.97. The van der Waals surface area contributed by atoms with Crippen molar-refractivity contribution in [1.82, 2.24) is 4.57 Å². The first kappa shape index (κ1) is 15.2. The Balaban J connectivity index is 1.91. The smallest absolute Gasteiger partial charge is 0.0998 e. The molecule has 1 aromatic heterocycles. The number of para-hydroxylation sites is 1. The zero-order valence-corrected chi connectivity index (χ0v) is 14.1. The molecule has 0 aliphatic heterocycles. The molecule has 3 aromatic carbocycles. The van der Waals surface area contributed by atoms with Gasteiger partial charge in [0.25, 0.3) is 0 Å². The van der Waals surface area contributed by atoms with Gasteiger partial charge < -0.3 is 4.57 Å². The van der Waals surface area contributed by atoms with Gasteiger partial charge in [-0.2, -0.15) is 5.26 Å². The zero-order chi connectivity index (χ0) is 17.2. The van der Waals surface area contributed by atoms with Gasteiger partial charge in [0.1, 0.15) is 0 Å². The normalized spacial score (nSPS) is 11.8. The number of nitriles is 1. The maximum atomic E-state index is 9.55. The summed E-state index contributed by atoms with van der Waals surface area (Å²) >= 11 is 0. The number of aryl methyl sites for hydroxylation is 1. The van der Waals surface area contributed by atoms with Crippen LogP contribution in [0.2, 0.25) is 0 Å². The van der Waals surface area contributed by atoms with Crippen LogP contribution >= 0.6 is 0 Å². The molecule has 0 fully saturated rings. The van der Waals surface area contributed by atoms with Crippen molar-refractivity contribution in [3.05, 3.63) is 83.9 Å². The fourth-order valence-electron chi connectivity index (χ4n) is 3.47. The fraction of sp³-hybridized carbons (Fsp3) is 0.0870. The molecule has 0 bridgehead atoms. The van der Waals surface area contributed by atoms with Crippen LogP contribution in [0.4, 0.5) is 0 Å². The minimum absolute atomic E-state index is 0.680. The number of fused-ring (bicyclic) bond motifs is 3. The molecule has 0 saturated heterocycles. The van der Waals surface area contributed by atoms with Crippen molar-refractivity contribution in [2.75, 3.05) is 0 Å². The summed E-state index contributed by atoms with van der Waals surface area (Å²) in [7, 11) is 0. The van der Waals surface area contributed by atoms with Crippen LogP contribution in [0.1, 0.15) is 18.1 Å². The van der Waals surface area contributed by atoms with Crippen LogP contribution in [0.25, 0.3) is 33.5 Å². The van der Waals surface area contributed by atoms with Crippen LogP contribution in [-0.2, 0) is 6.54 Å². The van der Waals surface area contributed by atoms with Gasteiger partial charge in [0.2, 0.25) is 0 Å². The van der Waals surface area contributed by atoms with Gasteiger partial charge in [-0.05, 0) is 42.3 Å². The molecule has 4 aromatic rings. The molecule has 4 rings (SSSR count). The first-order valence-electron chi connectivity index (χ1n) is 8.50. The van der Waals surface area contributed by atoms with E-state index in [2.05, 4.69) is 60.0 Å². The van der Waals surface area contributed by atoms with Crippen molar-refractivity contribution in [3.63, 3.8) is 0 Å². The molecule has 120 valence electrons. The Labute approximate surface area is 147 Å². The quantitative estimate of drug-likeness (QED) is 0.342. The molecule has 0 atom stereocenters. The van der Waals surface area contributed by atoms with Crippen molar-refractivity contribution in [2.45, 2.75) is 13.5 Å². The third-order valence-electron chi connectivity index (χ3n) is 4.63. The molecule has 0 spiro atoms. The summed E-state index contributed by atoms with van der Waals surface area (Å²) in [4.78, 5) is 0. The molecule has 1 heterocycles. The third-order valence-corrected chi connectivity index (χ3v) is 4.63. The van der Waals surface area contributed by atoms with Gasteiger partial charge in [-0.1, -0.05) is 54.6 Å². The van der Waals surface area contributed by atoms with E-state index in [1.807, 2.05) is 36.4 Å². The number of hydrogen-bond donors (Lipinski definition) is 0. The van der Waals surface area contributed by atoms with Gasteiger partial charge in [-0.3, -0.25) is 0 Å². The van der Waals surface area contributed by atoms with Crippen molar-refractivity contribution in [2.24, 2.45) is 0 Å². The van der Waals surface area contributed by atoms with E-state index in [4.69, 9.17) is 0 Å². The van der Waals surface area contributed by atoms with E-state index in [0.717, 1.165) is 17.7 Å². The number of benzene rings is 3. The second-order valence-electron chi connectivity index (χ2n) is 6.07. The van der Waals surface area contributed by atoms with Gasteiger partial charge in [0, 0.05) is 28.4 Å². The predicted octanol–water partition coefficient (Wildman–Crippen LogP) is 5.88. The maximum Gasteiger partial charge on any atom is 0.0998 e. The predicted molar refractivity (Wildman–Crippen MR) is 105 cm³/mol. The van der Waals surface area contributed by atoms with Gasteiger partial charge in [0.15, 0.2) is 0 Å². The van der Waals surface area contributed by atoms with Crippen molar-refractivity contribution < 1.29 is 0 Å². The molecule has 0 aliphatic carbocycles. The SMILES string of the molecule is CCn1c2ccccc2c2cc(/C=C(/C#N)c3ccccc3)ccc21. The fourth-order valence-corrected chi connectivity index (χ4v) is 3.47. The number of aromatic nitrogens is 1. The Morgan fingerprint density at radius 3 is 2.40 bits per heavy atom. The summed E-state index contributed by atoms with van der Waals surface area (Å²) in [6.45, 7) is 3.11. The average molecular weight is 322 g/mol. The average Bonchev–Trinajstić information content (AvgIpc) is 3.00.